The van der Waals surface area contributed by atoms with Gasteiger partial charge in [-0.3, -0.25) is 9.59 Å². The van der Waals surface area contributed by atoms with Crippen LogP contribution in [0.2, 0.25) is 0 Å². The number of aliphatic hydroxyl groups excluding tert-OH is 1. The smallest absolute Gasteiger partial charge is 0.263 e. The lowest BCUT2D eigenvalue weighted by atomic mass is 9.98. The molecule has 0 saturated carbocycles. The van der Waals surface area contributed by atoms with Crippen molar-refractivity contribution in [2.75, 3.05) is 20.7 Å². The molecule has 3 aliphatic rings. The van der Waals surface area contributed by atoms with Gasteiger partial charge in [-0.2, -0.15) is 0 Å². The van der Waals surface area contributed by atoms with E-state index in [1.165, 1.54) is 31.4 Å². The van der Waals surface area contributed by atoms with Crippen molar-refractivity contribution in [1.29, 1.82) is 0 Å². The molecule has 0 spiro atoms. The Balaban J connectivity index is 2.03. The fourth-order valence-corrected chi connectivity index (χ4v) is 6.38. The van der Waals surface area contributed by atoms with Crippen molar-refractivity contribution in [3.05, 3.63) is 35.9 Å². The van der Waals surface area contributed by atoms with E-state index < -0.39 is 9.74 Å². The zero-order valence-electron chi connectivity index (χ0n) is 11.8. The summed E-state index contributed by atoms with van der Waals surface area (Å²) in [6.07, 6.45) is 0.457. The van der Waals surface area contributed by atoms with Crippen molar-refractivity contribution >= 4 is 33.4 Å². The van der Waals surface area contributed by atoms with E-state index in [0.29, 0.717) is 6.42 Å². The van der Waals surface area contributed by atoms with Crippen molar-refractivity contribution in [3.8, 4) is 0 Å². The quantitative estimate of drug-likeness (QED) is 0.839. The van der Waals surface area contributed by atoms with Gasteiger partial charge in [0.15, 0.2) is 4.87 Å². The second-order valence-electron chi connectivity index (χ2n) is 5.28. The molecule has 2 atom stereocenters. The van der Waals surface area contributed by atoms with Gasteiger partial charge >= 0.3 is 0 Å². The fourth-order valence-electron chi connectivity index (χ4n) is 2.76. The zero-order chi connectivity index (χ0) is 15.3. The molecule has 1 aromatic rings. The minimum absolute atomic E-state index is 0.133. The first-order chi connectivity index (χ1) is 9.98. The van der Waals surface area contributed by atoms with E-state index in [-0.39, 0.29) is 18.4 Å². The van der Waals surface area contributed by atoms with Gasteiger partial charge in [-0.05, 0) is 16.4 Å². The van der Waals surface area contributed by atoms with Crippen LogP contribution in [0.1, 0.15) is 5.56 Å². The number of amides is 2. The number of rotatable bonds is 3. The summed E-state index contributed by atoms with van der Waals surface area (Å²) in [4.78, 5) is 26.2. The van der Waals surface area contributed by atoms with Crippen molar-refractivity contribution in [2.24, 2.45) is 0 Å². The third-order valence-electron chi connectivity index (χ3n) is 4.18. The molecule has 3 aliphatic heterocycles. The molecular formula is C14H16N2O3S2. The number of carbonyl (C=O) groups excluding carboxylic acids is 2. The molecule has 2 bridgehead atoms. The van der Waals surface area contributed by atoms with Crippen LogP contribution in [0.25, 0.3) is 0 Å². The predicted molar refractivity (Wildman–Crippen MR) is 83.4 cm³/mol. The normalized spacial score (nSPS) is 32.0. The van der Waals surface area contributed by atoms with Crippen LogP contribution < -0.4 is 0 Å². The van der Waals surface area contributed by atoms with E-state index >= 15 is 0 Å². The second kappa shape index (κ2) is 4.93. The van der Waals surface area contributed by atoms with E-state index in [0.717, 1.165) is 5.56 Å². The van der Waals surface area contributed by atoms with Crippen LogP contribution in [0.5, 0.6) is 0 Å². The molecule has 3 heterocycles. The minimum Gasteiger partial charge on any atom is -0.392 e. The number of carbonyl (C=O) groups is 2. The molecule has 3 saturated heterocycles. The van der Waals surface area contributed by atoms with Crippen LogP contribution in [0.3, 0.4) is 0 Å². The van der Waals surface area contributed by atoms with Crippen LogP contribution in [-0.2, 0) is 16.0 Å². The van der Waals surface area contributed by atoms with Crippen molar-refractivity contribution in [1.82, 2.24) is 9.80 Å². The highest BCUT2D eigenvalue weighted by atomic mass is 33.1. The Hall–Kier alpha value is -1.18. The Bertz CT molecular complexity index is 597. The molecular weight excluding hydrogens is 308 g/mol. The van der Waals surface area contributed by atoms with Gasteiger partial charge in [0, 0.05) is 20.5 Å². The number of nitrogens with zero attached hydrogens (tertiary/aromatic N) is 2. The lowest BCUT2D eigenvalue weighted by Crippen LogP contribution is -2.77. The first-order valence-electron chi connectivity index (χ1n) is 6.56. The Morgan fingerprint density at radius 2 is 1.52 bits per heavy atom. The van der Waals surface area contributed by atoms with Crippen LogP contribution in [0, 0.1) is 0 Å². The third kappa shape index (κ3) is 1.84. The summed E-state index contributed by atoms with van der Waals surface area (Å²) in [6, 6.07) is 9.67. The van der Waals surface area contributed by atoms with Crippen LogP contribution in [-0.4, -0.2) is 57.2 Å². The predicted octanol–water partition coefficient (Wildman–Crippen LogP) is 0.939. The Kier molecular flexibility index (Phi) is 3.46. The molecule has 4 rings (SSSR count). The van der Waals surface area contributed by atoms with Crippen LogP contribution in [0.4, 0.5) is 0 Å². The van der Waals surface area contributed by atoms with E-state index in [4.69, 9.17) is 0 Å². The molecule has 0 aliphatic carbocycles. The fraction of sp³-hybridized carbons (Fsp3) is 0.429. The van der Waals surface area contributed by atoms with E-state index in [2.05, 4.69) is 0 Å². The lowest BCUT2D eigenvalue weighted by molar-refractivity contribution is -0.165. The summed E-state index contributed by atoms with van der Waals surface area (Å²) in [5, 5.41) is 9.64. The Morgan fingerprint density at radius 3 is 2.14 bits per heavy atom. The second-order valence-corrected chi connectivity index (χ2v) is 7.97. The summed E-state index contributed by atoms with van der Waals surface area (Å²) in [5.41, 5.74) is 1.00. The highest BCUT2D eigenvalue weighted by Crippen LogP contribution is 2.58. The number of piperazine rings is 1. The maximum absolute atomic E-state index is 12.8. The largest absolute Gasteiger partial charge is 0.392 e. The topological polar surface area (TPSA) is 60.9 Å². The average molecular weight is 324 g/mol. The SMILES string of the molecule is CN1C(=O)[C@@]2(Cc3ccccc3)SS[C@]1(CO)C(=O)N2C. The lowest BCUT2D eigenvalue weighted by Gasteiger charge is -2.58. The number of fused-ring (bicyclic) bond motifs is 3. The Labute approximate surface area is 131 Å². The summed E-state index contributed by atoms with van der Waals surface area (Å²) < 4.78 is 0. The maximum atomic E-state index is 12.8. The number of hydrogen-bond acceptors (Lipinski definition) is 5. The molecule has 1 aromatic carbocycles. The van der Waals surface area contributed by atoms with Gasteiger partial charge in [0.05, 0.1) is 6.61 Å². The molecule has 3 fully saturated rings. The van der Waals surface area contributed by atoms with Gasteiger partial charge < -0.3 is 14.9 Å². The molecule has 112 valence electrons. The standard InChI is InChI=1S/C14H16N2O3S2/c1-15-12(19)14(9-17)16(2)11(18)13(15,20-21-14)8-10-6-4-3-5-7-10/h3-7,17H,8-9H2,1-2H3/t13-,14-/m1/s1. The van der Waals surface area contributed by atoms with Crippen molar-refractivity contribution < 1.29 is 14.7 Å². The highest BCUT2D eigenvalue weighted by molar-refractivity contribution is 8.78. The molecule has 7 heteroatoms. The van der Waals surface area contributed by atoms with Gasteiger partial charge in [-0.1, -0.05) is 41.1 Å². The van der Waals surface area contributed by atoms with E-state index in [9.17, 15) is 14.7 Å². The van der Waals surface area contributed by atoms with Gasteiger partial charge in [0.1, 0.15) is 0 Å². The van der Waals surface area contributed by atoms with Crippen molar-refractivity contribution in [3.63, 3.8) is 0 Å². The monoisotopic (exact) mass is 324 g/mol. The molecule has 0 unspecified atom stereocenters. The van der Waals surface area contributed by atoms with Gasteiger partial charge in [-0.25, -0.2) is 0 Å². The summed E-state index contributed by atoms with van der Waals surface area (Å²) in [7, 11) is 5.90. The molecule has 5 nitrogen and oxygen atoms in total. The van der Waals surface area contributed by atoms with Crippen LogP contribution >= 0.6 is 21.6 Å². The first kappa shape index (κ1) is 14.7. The number of hydrogen-bond donors (Lipinski definition) is 1. The number of likely N-dealkylation sites (N-methyl/N-ethyl adjacent to an activating group) is 2. The summed E-state index contributed by atoms with van der Waals surface area (Å²) >= 11 is 0. The van der Waals surface area contributed by atoms with E-state index in [1.54, 1.807) is 14.1 Å². The Morgan fingerprint density at radius 1 is 1.00 bits per heavy atom. The molecule has 2 amide bonds. The number of benzene rings is 1. The van der Waals surface area contributed by atoms with Crippen LogP contribution in [0.15, 0.2) is 30.3 Å². The molecule has 0 radical (unpaired) electrons. The summed E-state index contributed by atoms with van der Waals surface area (Å²) in [6.45, 7) is -0.377. The average Bonchev–Trinajstić information content (AvgIpc) is 2.51. The van der Waals surface area contributed by atoms with E-state index in [1.807, 2.05) is 30.3 Å². The molecule has 1 N–H and O–H groups in total. The summed E-state index contributed by atoms with van der Waals surface area (Å²) in [5.74, 6) is -0.349. The number of aliphatic hydroxyl groups is 1. The highest BCUT2D eigenvalue weighted by Gasteiger charge is 2.67. The maximum Gasteiger partial charge on any atom is 0.263 e. The first-order valence-corrected chi connectivity index (χ1v) is 8.71. The van der Waals surface area contributed by atoms with Gasteiger partial charge in [-0.15, -0.1) is 0 Å². The zero-order valence-corrected chi connectivity index (χ0v) is 13.4. The molecule has 21 heavy (non-hydrogen) atoms. The van der Waals surface area contributed by atoms with Gasteiger partial charge in [0.2, 0.25) is 4.87 Å². The minimum atomic E-state index is -1.19. The van der Waals surface area contributed by atoms with Crippen molar-refractivity contribution in [2.45, 2.75) is 16.2 Å². The molecule has 0 aromatic heterocycles. The third-order valence-corrected chi connectivity index (χ3v) is 7.89. The van der Waals surface area contributed by atoms with Gasteiger partial charge in [0.25, 0.3) is 11.8 Å².